The largest absolute Gasteiger partial charge is 0.497 e. The summed E-state index contributed by atoms with van der Waals surface area (Å²) in [5.74, 6) is 1.63. The topological polar surface area (TPSA) is 71.0 Å². The molecule has 1 aromatic carbocycles. The molecule has 0 atom stereocenters. The van der Waals surface area contributed by atoms with Gasteiger partial charge in [0.25, 0.3) is 0 Å². The van der Waals surface area contributed by atoms with E-state index in [2.05, 4.69) is 10.3 Å². The van der Waals surface area contributed by atoms with E-state index in [1.165, 1.54) is 0 Å². The zero-order chi connectivity index (χ0) is 19.4. The second kappa shape index (κ2) is 10.2. The lowest BCUT2D eigenvalue weighted by molar-refractivity contribution is 0.353. The average molecular weight is 530 g/mol. The van der Waals surface area contributed by atoms with Crippen LogP contribution in [0.15, 0.2) is 23.2 Å². The van der Waals surface area contributed by atoms with Gasteiger partial charge in [0.05, 0.1) is 17.6 Å². The van der Waals surface area contributed by atoms with Gasteiger partial charge in [-0.3, -0.25) is 4.99 Å². The summed E-state index contributed by atoms with van der Waals surface area (Å²) >= 11 is 6.28. The van der Waals surface area contributed by atoms with Crippen molar-refractivity contribution >= 4 is 51.4 Å². The van der Waals surface area contributed by atoms with Crippen molar-refractivity contribution in [1.82, 2.24) is 10.2 Å². The Morgan fingerprint density at radius 2 is 2.11 bits per heavy atom. The van der Waals surface area contributed by atoms with E-state index in [4.69, 9.17) is 16.3 Å². The molecule has 0 aliphatic carbocycles. The van der Waals surface area contributed by atoms with Gasteiger partial charge in [-0.05, 0) is 44.9 Å². The minimum atomic E-state index is -3.07. The van der Waals surface area contributed by atoms with Gasteiger partial charge in [0, 0.05) is 31.2 Å². The first-order valence-corrected chi connectivity index (χ1v) is 10.8. The normalized spacial score (nSPS) is 18.6. The minimum absolute atomic E-state index is 0. The molecule has 27 heavy (non-hydrogen) atoms. The van der Waals surface area contributed by atoms with Crippen molar-refractivity contribution in [2.45, 2.75) is 31.9 Å². The van der Waals surface area contributed by atoms with Crippen LogP contribution in [0, 0.1) is 0 Å². The molecule has 0 bridgehead atoms. The highest BCUT2D eigenvalue weighted by atomic mass is 127. The molecular formula is C18H29ClIN3O3S. The van der Waals surface area contributed by atoms with Crippen LogP contribution in [0.2, 0.25) is 5.02 Å². The number of halogens is 2. The Balaban J connectivity index is 0.00000364. The van der Waals surface area contributed by atoms with Crippen LogP contribution in [0.25, 0.3) is 0 Å². The molecule has 6 nitrogen and oxygen atoms in total. The molecule has 1 heterocycles. The lowest BCUT2D eigenvalue weighted by Gasteiger charge is -2.39. The van der Waals surface area contributed by atoms with E-state index in [1.807, 2.05) is 24.0 Å². The summed E-state index contributed by atoms with van der Waals surface area (Å²) in [7, 11) is -1.46. The van der Waals surface area contributed by atoms with Gasteiger partial charge in [0.2, 0.25) is 0 Å². The zero-order valence-corrected chi connectivity index (χ0v) is 20.2. The maximum Gasteiger partial charge on any atom is 0.194 e. The van der Waals surface area contributed by atoms with Gasteiger partial charge >= 0.3 is 0 Å². The van der Waals surface area contributed by atoms with E-state index in [0.29, 0.717) is 31.1 Å². The number of methoxy groups -OCH3 is 1. The van der Waals surface area contributed by atoms with Crippen LogP contribution in [0.5, 0.6) is 5.75 Å². The van der Waals surface area contributed by atoms with Gasteiger partial charge in [-0.1, -0.05) is 17.7 Å². The molecule has 154 valence electrons. The Hall–Kier alpha value is -0.740. The predicted octanol–water partition coefficient (Wildman–Crippen LogP) is 2.98. The Bertz CT molecular complexity index is 769. The van der Waals surface area contributed by atoms with Crippen molar-refractivity contribution < 1.29 is 13.2 Å². The van der Waals surface area contributed by atoms with Crippen LogP contribution in [-0.4, -0.2) is 63.1 Å². The van der Waals surface area contributed by atoms with Crippen molar-refractivity contribution in [3.05, 3.63) is 28.8 Å². The number of nitrogens with one attached hydrogen (secondary N) is 1. The van der Waals surface area contributed by atoms with Crippen LogP contribution in [0.1, 0.15) is 26.3 Å². The fraction of sp³-hybridized carbons (Fsp3) is 0.611. The van der Waals surface area contributed by atoms with E-state index in [0.717, 1.165) is 23.8 Å². The fourth-order valence-corrected chi connectivity index (χ4v) is 4.52. The summed E-state index contributed by atoms with van der Waals surface area (Å²) in [5.41, 5.74) is 1.01. The molecule has 1 aliphatic rings. The number of aliphatic imine (C=N–C) groups is 1. The first-order valence-electron chi connectivity index (χ1n) is 8.78. The van der Waals surface area contributed by atoms with Gasteiger partial charge in [-0.15, -0.1) is 24.0 Å². The van der Waals surface area contributed by atoms with E-state index >= 15 is 0 Å². The van der Waals surface area contributed by atoms with Crippen molar-refractivity contribution in [1.29, 1.82) is 0 Å². The number of hydrogen-bond acceptors (Lipinski definition) is 4. The highest BCUT2D eigenvalue weighted by Crippen LogP contribution is 2.24. The molecule has 9 heteroatoms. The van der Waals surface area contributed by atoms with Crippen molar-refractivity contribution in [2.24, 2.45) is 4.99 Å². The molecule has 0 radical (unpaired) electrons. The van der Waals surface area contributed by atoms with Crippen molar-refractivity contribution in [2.75, 3.05) is 39.0 Å². The summed E-state index contributed by atoms with van der Waals surface area (Å²) in [6.07, 6.45) is 0.702. The summed E-state index contributed by atoms with van der Waals surface area (Å²) in [4.78, 5) is 6.70. The maximum atomic E-state index is 12.2. The first-order chi connectivity index (χ1) is 12.2. The molecule has 1 saturated heterocycles. The molecule has 0 spiro atoms. The molecule has 0 saturated carbocycles. The van der Waals surface area contributed by atoms with Gasteiger partial charge in [-0.25, -0.2) is 8.42 Å². The molecule has 0 amide bonds. The molecule has 0 unspecified atom stereocenters. The second-order valence-electron chi connectivity index (χ2n) is 6.94. The summed E-state index contributed by atoms with van der Waals surface area (Å²) in [6, 6.07) is 5.62. The van der Waals surface area contributed by atoms with Crippen LogP contribution in [0.4, 0.5) is 0 Å². The molecular weight excluding hydrogens is 501 g/mol. The monoisotopic (exact) mass is 529 g/mol. The minimum Gasteiger partial charge on any atom is -0.497 e. The van der Waals surface area contributed by atoms with Crippen LogP contribution < -0.4 is 10.1 Å². The molecule has 1 N–H and O–H groups in total. The maximum absolute atomic E-state index is 12.2. The first kappa shape index (κ1) is 24.3. The number of benzene rings is 1. The Morgan fingerprint density at radius 3 is 2.67 bits per heavy atom. The highest BCUT2D eigenvalue weighted by Gasteiger charge is 2.40. The van der Waals surface area contributed by atoms with Crippen molar-refractivity contribution in [3.8, 4) is 5.75 Å². The molecule has 1 fully saturated rings. The fourth-order valence-electron chi connectivity index (χ4n) is 2.89. The summed E-state index contributed by atoms with van der Waals surface area (Å²) in [6.45, 7) is 7.74. The van der Waals surface area contributed by atoms with Crippen LogP contribution in [0.3, 0.4) is 0 Å². The summed E-state index contributed by atoms with van der Waals surface area (Å²) < 4.78 is 28.8. The zero-order valence-electron chi connectivity index (χ0n) is 16.3. The van der Waals surface area contributed by atoms with Gasteiger partial charge < -0.3 is 15.0 Å². The van der Waals surface area contributed by atoms with Gasteiger partial charge in [0.1, 0.15) is 5.75 Å². The Labute approximate surface area is 184 Å². The highest BCUT2D eigenvalue weighted by molar-refractivity contribution is 14.0. The third-order valence-corrected chi connectivity index (χ3v) is 7.47. The quantitative estimate of drug-likeness (QED) is 0.361. The van der Waals surface area contributed by atoms with Gasteiger partial charge in [-0.2, -0.15) is 0 Å². The van der Waals surface area contributed by atoms with E-state index in [9.17, 15) is 8.42 Å². The number of ether oxygens (including phenoxy) is 1. The standard InChI is InChI=1S/C18H28ClN3O3S.HI/c1-5-20-17(22-10-11-26(23,24)18(2,3)13-22)21-9-8-14-6-7-15(25-4)12-16(14)19;/h6-7,12H,5,8-11,13H2,1-4H3,(H,20,21);1H. The third-order valence-electron chi connectivity index (χ3n) is 4.58. The number of guanidine groups is 1. The van der Waals surface area contributed by atoms with Gasteiger partial charge in [0.15, 0.2) is 15.8 Å². The predicted molar refractivity (Wildman–Crippen MR) is 123 cm³/mol. The van der Waals surface area contributed by atoms with E-state index in [1.54, 1.807) is 27.0 Å². The molecule has 1 aliphatic heterocycles. The number of sulfone groups is 1. The van der Waals surface area contributed by atoms with Crippen molar-refractivity contribution in [3.63, 3.8) is 0 Å². The SMILES string of the molecule is CCNC(=NCCc1ccc(OC)cc1Cl)N1CCS(=O)(=O)C(C)(C)C1.I. The average Bonchev–Trinajstić information content (AvgIpc) is 2.58. The van der Waals surface area contributed by atoms with Crippen LogP contribution in [-0.2, 0) is 16.3 Å². The number of rotatable bonds is 5. The third kappa shape index (κ3) is 6.12. The smallest absolute Gasteiger partial charge is 0.194 e. The molecule has 1 aromatic rings. The molecule has 0 aromatic heterocycles. The molecule has 2 rings (SSSR count). The van der Waals surface area contributed by atoms with E-state index < -0.39 is 14.6 Å². The Kier molecular flexibility index (Phi) is 9.14. The lowest BCUT2D eigenvalue weighted by atomic mass is 10.1. The summed E-state index contributed by atoms with van der Waals surface area (Å²) in [5, 5.41) is 3.93. The van der Waals surface area contributed by atoms with E-state index in [-0.39, 0.29) is 29.7 Å². The number of hydrogen-bond donors (Lipinski definition) is 1. The van der Waals surface area contributed by atoms with Crippen LogP contribution >= 0.6 is 35.6 Å². The second-order valence-corrected chi connectivity index (χ2v) is 10.1. The Morgan fingerprint density at radius 1 is 1.41 bits per heavy atom. The number of nitrogens with zero attached hydrogens (tertiary/aromatic N) is 2. The lowest BCUT2D eigenvalue weighted by Crippen LogP contribution is -2.57.